The van der Waals surface area contributed by atoms with Crippen LogP contribution < -0.4 is 0 Å². The van der Waals surface area contributed by atoms with Crippen LogP contribution >= 0.6 is 35.0 Å². The molecule has 7 heteroatoms. The van der Waals surface area contributed by atoms with Crippen LogP contribution in [0.3, 0.4) is 0 Å². The first-order valence-corrected chi connectivity index (χ1v) is 7.48. The SMILES string of the molecule is O=C(O)C1CSCCN1C(=O)c1cc(Cl)ccc1Cl. The van der Waals surface area contributed by atoms with Crippen molar-refractivity contribution < 1.29 is 14.7 Å². The van der Waals surface area contributed by atoms with E-state index >= 15 is 0 Å². The Morgan fingerprint density at radius 2 is 2.11 bits per heavy atom. The highest BCUT2D eigenvalue weighted by atomic mass is 35.5. The fourth-order valence-electron chi connectivity index (χ4n) is 1.87. The number of rotatable bonds is 2. The third-order valence-corrected chi connectivity index (χ3v) is 4.42. The van der Waals surface area contributed by atoms with E-state index in [2.05, 4.69) is 0 Å². The fourth-order valence-corrected chi connectivity index (χ4v) is 3.28. The molecule has 1 heterocycles. The van der Waals surface area contributed by atoms with Gasteiger partial charge in [-0.05, 0) is 18.2 Å². The standard InChI is InChI=1S/C12H11Cl2NO3S/c13-7-1-2-9(14)8(5-7)11(16)15-3-4-19-6-10(15)12(17)18/h1-2,5,10H,3-4,6H2,(H,17,18). The summed E-state index contributed by atoms with van der Waals surface area (Å²) >= 11 is 13.3. The molecule has 1 atom stereocenters. The molecule has 2 rings (SSSR count). The van der Waals surface area contributed by atoms with E-state index in [0.717, 1.165) is 0 Å². The van der Waals surface area contributed by atoms with Gasteiger partial charge < -0.3 is 10.0 Å². The minimum atomic E-state index is -1.00. The van der Waals surface area contributed by atoms with E-state index in [0.29, 0.717) is 23.1 Å². The molecule has 1 aliphatic rings. The summed E-state index contributed by atoms with van der Waals surface area (Å²) in [5.41, 5.74) is 0.243. The molecule has 1 amide bonds. The second-order valence-corrected chi connectivity index (χ2v) is 6.05. The topological polar surface area (TPSA) is 57.6 Å². The van der Waals surface area contributed by atoms with Gasteiger partial charge in [0.15, 0.2) is 0 Å². The van der Waals surface area contributed by atoms with Crippen molar-refractivity contribution in [3.8, 4) is 0 Å². The first-order chi connectivity index (χ1) is 9.00. The van der Waals surface area contributed by atoms with Crippen LogP contribution in [-0.2, 0) is 4.79 Å². The zero-order chi connectivity index (χ0) is 14.0. The number of amides is 1. The minimum Gasteiger partial charge on any atom is -0.480 e. The van der Waals surface area contributed by atoms with Gasteiger partial charge in [-0.2, -0.15) is 11.8 Å². The van der Waals surface area contributed by atoms with Crippen molar-refractivity contribution >= 4 is 46.8 Å². The van der Waals surface area contributed by atoms with Crippen LogP contribution in [0.5, 0.6) is 0 Å². The molecule has 1 saturated heterocycles. The molecule has 102 valence electrons. The van der Waals surface area contributed by atoms with Crippen LogP contribution in [-0.4, -0.2) is 46.0 Å². The molecule has 0 saturated carbocycles. The average Bonchev–Trinajstić information content (AvgIpc) is 2.40. The van der Waals surface area contributed by atoms with Gasteiger partial charge in [0.1, 0.15) is 6.04 Å². The molecule has 1 aromatic rings. The van der Waals surface area contributed by atoms with Crippen LogP contribution in [0.25, 0.3) is 0 Å². The van der Waals surface area contributed by atoms with Gasteiger partial charge in [-0.3, -0.25) is 4.79 Å². The van der Waals surface area contributed by atoms with Crippen molar-refractivity contribution in [2.75, 3.05) is 18.1 Å². The van der Waals surface area contributed by atoms with Gasteiger partial charge >= 0.3 is 5.97 Å². The number of hydrogen-bond donors (Lipinski definition) is 1. The van der Waals surface area contributed by atoms with E-state index in [1.54, 1.807) is 6.07 Å². The van der Waals surface area contributed by atoms with Gasteiger partial charge in [0.05, 0.1) is 10.6 Å². The molecular weight excluding hydrogens is 309 g/mol. The summed E-state index contributed by atoms with van der Waals surface area (Å²) in [6, 6.07) is 3.76. The highest BCUT2D eigenvalue weighted by Crippen LogP contribution is 2.25. The molecule has 19 heavy (non-hydrogen) atoms. The summed E-state index contributed by atoms with van der Waals surface area (Å²) in [7, 11) is 0. The Morgan fingerprint density at radius 3 is 2.79 bits per heavy atom. The lowest BCUT2D eigenvalue weighted by Gasteiger charge is -2.32. The lowest BCUT2D eigenvalue weighted by atomic mass is 10.1. The predicted molar refractivity (Wildman–Crippen MR) is 76.2 cm³/mol. The number of carboxylic acids is 1. The number of carbonyl (C=O) groups is 2. The zero-order valence-corrected chi connectivity index (χ0v) is 12.1. The number of benzene rings is 1. The lowest BCUT2D eigenvalue weighted by molar-refractivity contribution is -0.141. The van der Waals surface area contributed by atoms with Gasteiger partial charge in [0.25, 0.3) is 5.91 Å². The highest BCUT2D eigenvalue weighted by Gasteiger charge is 2.33. The lowest BCUT2D eigenvalue weighted by Crippen LogP contribution is -2.50. The van der Waals surface area contributed by atoms with Crippen LogP contribution in [0.1, 0.15) is 10.4 Å². The maximum atomic E-state index is 12.4. The molecule has 1 aromatic carbocycles. The molecule has 0 bridgehead atoms. The molecule has 0 aliphatic carbocycles. The van der Waals surface area contributed by atoms with Crippen LogP contribution in [0.15, 0.2) is 18.2 Å². The molecule has 1 fully saturated rings. The maximum absolute atomic E-state index is 12.4. The molecule has 1 N–H and O–H groups in total. The normalized spacial score (nSPS) is 19.3. The van der Waals surface area contributed by atoms with Crippen LogP contribution in [0, 0.1) is 0 Å². The van der Waals surface area contributed by atoms with Gasteiger partial charge in [-0.25, -0.2) is 4.79 Å². The largest absolute Gasteiger partial charge is 0.480 e. The van der Waals surface area contributed by atoms with Gasteiger partial charge in [0, 0.05) is 23.1 Å². The van der Waals surface area contributed by atoms with Crippen molar-refractivity contribution in [3.05, 3.63) is 33.8 Å². The summed E-state index contributed by atoms with van der Waals surface area (Å²) in [6.45, 7) is 0.392. The monoisotopic (exact) mass is 319 g/mol. The Balaban J connectivity index is 2.31. The minimum absolute atomic E-state index is 0.243. The Bertz CT molecular complexity index is 524. The van der Waals surface area contributed by atoms with Crippen LogP contribution in [0.4, 0.5) is 0 Å². The van der Waals surface area contributed by atoms with Crippen LogP contribution in [0.2, 0.25) is 10.0 Å². The van der Waals surface area contributed by atoms with E-state index in [1.165, 1.54) is 28.8 Å². The van der Waals surface area contributed by atoms with Crippen molar-refractivity contribution in [3.63, 3.8) is 0 Å². The van der Waals surface area contributed by atoms with Gasteiger partial charge in [0.2, 0.25) is 0 Å². The van der Waals surface area contributed by atoms with Crippen molar-refractivity contribution in [1.29, 1.82) is 0 Å². The van der Waals surface area contributed by atoms with Crippen molar-refractivity contribution in [2.45, 2.75) is 6.04 Å². The van der Waals surface area contributed by atoms with Crippen molar-refractivity contribution in [2.24, 2.45) is 0 Å². The Labute approximate surface area is 124 Å². The molecule has 0 radical (unpaired) electrons. The van der Waals surface area contributed by atoms with E-state index in [-0.39, 0.29) is 16.5 Å². The van der Waals surface area contributed by atoms with Gasteiger partial charge in [-0.15, -0.1) is 0 Å². The number of carboxylic acid groups (broad SMARTS) is 1. The molecule has 0 aromatic heterocycles. The molecule has 1 unspecified atom stereocenters. The van der Waals surface area contributed by atoms with E-state index in [9.17, 15) is 9.59 Å². The number of aliphatic carboxylic acids is 1. The number of carbonyl (C=O) groups excluding carboxylic acids is 1. The summed E-state index contributed by atoms with van der Waals surface area (Å²) in [4.78, 5) is 24.9. The summed E-state index contributed by atoms with van der Waals surface area (Å²) < 4.78 is 0. The fraction of sp³-hybridized carbons (Fsp3) is 0.333. The second kappa shape index (κ2) is 6.03. The Morgan fingerprint density at radius 1 is 1.37 bits per heavy atom. The first-order valence-electron chi connectivity index (χ1n) is 5.57. The maximum Gasteiger partial charge on any atom is 0.327 e. The smallest absolute Gasteiger partial charge is 0.327 e. The number of nitrogens with zero attached hydrogens (tertiary/aromatic N) is 1. The highest BCUT2D eigenvalue weighted by molar-refractivity contribution is 7.99. The summed E-state index contributed by atoms with van der Waals surface area (Å²) in [6.07, 6.45) is 0. The first kappa shape index (κ1) is 14.5. The average molecular weight is 320 g/mol. The number of thioether (sulfide) groups is 1. The summed E-state index contributed by atoms with van der Waals surface area (Å²) in [5.74, 6) is -0.286. The van der Waals surface area contributed by atoms with E-state index in [1.807, 2.05) is 0 Å². The molecule has 0 spiro atoms. The zero-order valence-electron chi connectivity index (χ0n) is 9.81. The van der Waals surface area contributed by atoms with Crippen molar-refractivity contribution in [1.82, 2.24) is 4.90 Å². The third-order valence-electron chi connectivity index (χ3n) is 2.83. The second-order valence-electron chi connectivity index (χ2n) is 4.05. The molecular formula is C12H11Cl2NO3S. The van der Waals surface area contributed by atoms with E-state index < -0.39 is 12.0 Å². The predicted octanol–water partition coefficient (Wildman–Crippen LogP) is 2.64. The van der Waals surface area contributed by atoms with Gasteiger partial charge in [-0.1, -0.05) is 23.2 Å². The van der Waals surface area contributed by atoms with E-state index in [4.69, 9.17) is 28.3 Å². The molecule has 1 aliphatic heterocycles. The quantitative estimate of drug-likeness (QED) is 0.910. The molecule has 4 nitrogen and oxygen atoms in total. The Hall–Kier alpha value is -0.910. The third kappa shape index (κ3) is 3.16. The number of hydrogen-bond acceptors (Lipinski definition) is 3. The summed E-state index contributed by atoms with van der Waals surface area (Å²) in [5, 5.41) is 9.83. The number of halogens is 2. The Kier molecular flexibility index (Phi) is 4.60.